The van der Waals surface area contributed by atoms with Gasteiger partial charge in [0.25, 0.3) is 5.91 Å². The van der Waals surface area contributed by atoms with Crippen molar-refractivity contribution in [3.05, 3.63) is 89.5 Å². The largest absolute Gasteiger partial charge is 0.370 e. The van der Waals surface area contributed by atoms with Crippen LogP contribution < -0.4 is 15.5 Å². The Morgan fingerprint density at radius 1 is 0.909 bits per heavy atom. The summed E-state index contributed by atoms with van der Waals surface area (Å²) in [5.74, 6) is -0.0744. The molecular weight excluding hydrogens is 408 g/mol. The zero-order valence-electron chi connectivity index (χ0n) is 19.8. The number of likely N-dealkylation sites (N-methyl/N-ethyl adjacent to an activating group) is 1. The van der Waals surface area contributed by atoms with E-state index in [4.69, 9.17) is 0 Å². The number of nitrogens with one attached hydrogen (secondary N) is 2. The molecule has 5 nitrogen and oxygen atoms in total. The van der Waals surface area contributed by atoms with Crippen LogP contribution >= 0.6 is 0 Å². The molecule has 1 aliphatic heterocycles. The SMILES string of the molecule is CCN1CCN(c2ccc(NC(C(=O)Nc3cc(C)ccc3C)c3ccccc3)cc2)CC1. The number of carbonyl (C=O) groups excluding carboxylic acids is 1. The van der Waals surface area contributed by atoms with E-state index < -0.39 is 6.04 Å². The van der Waals surface area contributed by atoms with E-state index in [9.17, 15) is 4.79 Å². The first-order valence-electron chi connectivity index (χ1n) is 11.8. The minimum Gasteiger partial charge on any atom is -0.370 e. The highest BCUT2D eigenvalue weighted by molar-refractivity contribution is 5.98. The van der Waals surface area contributed by atoms with E-state index in [2.05, 4.69) is 57.7 Å². The van der Waals surface area contributed by atoms with Gasteiger partial charge >= 0.3 is 0 Å². The molecule has 0 spiro atoms. The third kappa shape index (κ3) is 5.74. The van der Waals surface area contributed by atoms with Gasteiger partial charge in [0.2, 0.25) is 0 Å². The quantitative estimate of drug-likeness (QED) is 0.526. The third-order valence-corrected chi connectivity index (χ3v) is 6.41. The van der Waals surface area contributed by atoms with Crippen molar-refractivity contribution in [2.75, 3.05) is 48.3 Å². The van der Waals surface area contributed by atoms with Gasteiger partial charge in [0.15, 0.2) is 0 Å². The van der Waals surface area contributed by atoms with Crippen molar-refractivity contribution in [2.24, 2.45) is 0 Å². The highest BCUT2D eigenvalue weighted by Crippen LogP contribution is 2.26. The molecule has 33 heavy (non-hydrogen) atoms. The number of anilines is 3. The average molecular weight is 443 g/mol. The standard InChI is InChI=1S/C28H34N4O/c1-4-31-16-18-32(19-17-31)25-14-12-24(13-15-25)29-27(23-8-6-5-7-9-23)28(33)30-26-20-21(2)10-11-22(26)3/h5-15,20,27,29H,4,16-19H2,1-3H3,(H,30,33). The smallest absolute Gasteiger partial charge is 0.251 e. The van der Waals surface area contributed by atoms with Gasteiger partial charge in [-0.05, 0) is 67.4 Å². The van der Waals surface area contributed by atoms with Crippen LogP contribution in [0.5, 0.6) is 0 Å². The highest BCUT2D eigenvalue weighted by atomic mass is 16.2. The van der Waals surface area contributed by atoms with Crippen molar-refractivity contribution >= 4 is 23.0 Å². The van der Waals surface area contributed by atoms with Crippen LogP contribution in [0.3, 0.4) is 0 Å². The Balaban J connectivity index is 1.50. The Hall–Kier alpha value is -3.31. The van der Waals surface area contributed by atoms with Crippen molar-refractivity contribution < 1.29 is 4.79 Å². The number of aryl methyl sites for hydroxylation is 2. The summed E-state index contributed by atoms with van der Waals surface area (Å²) in [5, 5.41) is 6.59. The van der Waals surface area contributed by atoms with Gasteiger partial charge in [-0.1, -0.05) is 49.4 Å². The fraction of sp³-hybridized carbons (Fsp3) is 0.321. The molecule has 1 saturated heterocycles. The predicted molar refractivity (Wildman–Crippen MR) is 138 cm³/mol. The number of hydrogen-bond acceptors (Lipinski definition) is 4. The molecule has 172 valence electrons. The molecule has 2 N–H and O–H groups in total. The highest BCUT2D eigenvalue weighted by Gasteiger charge is 2.22. The lowest BCUT2D eigenvalue weighted by molar-refractivity contribution is -0.117. The van der Waals surface area contributed by atoms with Crippen LogP contribution in [0.25, 0.3) is 0 Å². The molecule has 4 rings (SSSR count). The number of hydrogen-bond donors (Lipinski definition) is 2. The summed E-state index contributed by atoms with van der Waals surface area (Å²) in [6.07, 6.45) is 0. The Bertz CT molecular complexity index is 1060. The summed E-state index contributed by atoms with van der Waals surface area (Å²) >= 11 is 0. The number of amides is 1. The monoisotopic (exact) mass is 442 g/mol. The first kappa shape index (κ1) is 22.9. The maximum absolute atomic E-state index is 13.4. The van der Waals surface area contributed by atoms with Crippen LogP contribution in [0.4, 0.5) is 17.1 Å². The summed E-state index contributed by atoms with van der Waals surface area (Å²) in [7, 11) is 0. The number of rotatable bonds is 7. The minimum absolute atomic E-state index is 0.0744. The molecule has 1 unspecified atom stereocenters. The number of benzene rings is 3. The third-order valence-electron chi connectivity index (χ3n) is 6.41. The molecule has 3 aromatic carbocycles. The Labute approximate surface area is 197 Å². The van der Waals surface area contributed by atoms with E-state index in [1.807, 2.05) is 56.3 Å². The molecule has 0 aromatic heterocycles. The van der Waals surface area contributed by atoms with E-state index in [0.29, 0.717) is 0 Å². The lowest BCUT2D eigenvalue weighted by Gasteiger charge is -2.35. The van der Waals surface area contributed by atoms with E-state index in [-0.39, 0.29) is 5.91 Å². The first-order chi connectivity index (χ1) is 16.0. The lowest BCUT2D eigenvalue weighted by atomic mass is 10.0. The van der Waals surface area contributed by atoms with Crippen molar-refractivity contribution in [3.8, 4) is 0 Å². The average Bonchev–Trinajstić information content (AvgIpc) is 2.85. The lowest BCUT2D eigenvalue weighted by Crippen LogP contribution is -2.46. The minimum atomic E-state index is -0.495. The van der Waals surface area contributed by atoms with Gasteiger partial charge in [-0.15, -0.1) is 0 Å². The second kappa shape index (κ2) is 10.5. The summed E-state index contributed by atoms with van der Waals surface area (Å²) < 4.78 is 0. The number of nitrogens with zero attached hydrogens (tertiary/aromatic N) is 2. The van der Waals surface area contributed by atoms with Gasteiger partial charge in [0.1, 0.15) is 6.04 Å². The van der Waals surface area contributed by atoms with Gasteiger partial charge in [-0.2, -0.15) is 0 Å². The van der Waals surface area contributed by atoms with Gasteiger partial charge < -0.3 is 20.4 Å². The summed E-state index contributed by atoms with van der Waals surface area (Å²) in [4.78, 5) is 18.3. The van der Waals surface area contributed by atoms with Crippen LogP contribution in [0.1, 0.15) is 29.7 Å². The van der Waals surface area contributed by atoms with Crippen molar-refractivity contribution in [1.29, 1.82) is 0 Å². The Morgan fingerprint density at radius 2 is 1.61 bits per heavy atom. The van der Waals surface area contributed by atoms with Crippen LogP contribution in [0.15, 0.2) is 72.8 Å². The summed E-state index contributed by atoms with van der Waals surface area (Å²) in [6, 6.07) is 23.9. The summed E-state index contributed by atoms with van der Waals surface area (Å²) in [5.41, 5.74) is 6.11. The fourth-order valence-electron chi connectivity index (χ4n) is 4.28. The van der Waals surface area contributed by atoms with E-state index in [1.54, 1.807) is 0 Å². The van der Waals surface area contributed by atoms with E-state index in [1.165, 1.54) is 5.69 Å². The van der Waals surface area contributed by atoms with Crippen molar-refractivity contribution in [2.45, 2.75) is 26.8 Å². The molecule has 0 bridgehead atoms. The molecule has 1 aliphatic rings. The summed E-state index contributed by atoms with van der Waals surface area (Å²) in [6.45, 7) is 11.7. The molecular formula is C28H34N4O. The maximum atomic E-state index is 13.4. The van der Waals surface area contributed by atoms with Crippen molar-refractivity contribution in [3.63, 3.8) is 0 Å². The van der Waals surface area contributed by atoms with Gasteiger partial charge in [0, 0.05) is 43.2 Å². The van der Waals surface area contributed by atoms with Gasteiger partial charge in [-0.3, -0.25) is 4.79 Å². The van der Waals surface area contributed by atoms with E-state index >= 15 is 0 Å². The van der Waals surface area contributed by atoms with Gasteiger partial charge in [0.05, 0.1) is 0 Å². The first-order valence-corrected chi connectivity index (χ1v) is 11.8. The molecule has 5 heteroatoms. The van der Waals surface area contributed by atoms with Gasteiger partial charge in [-0.25, -0.2) is 0 Å². The van der Waals surface area contributed by atoms with Crippen molar-refractivity contribution in [1.82, 2.24) is 4.90 Å². The molecule has 0 aliphatic carbocycles. The maximum Gasteiger partial charge on any atom is 0.251 e. The molecule has 1 atom stereocenters. The van der Waals surface area contributed by atoms with Crippen LogP contribution in [0.2, 0.25) is 0 Å². The molecule has 0 radical (unpaired) electrons. The Morgan fingerprint density at radius 3 is 2.27 bits per heavy atom. The second-order valence-corrected chi connectivity index (χ2v) is 8.76. The molecule has 1 fully saturated rings. The van der Waals surface area contributed by atoms with Crippen LogP contribution in [-0.4, -0.2) is 43.5 Å². The molecule has 0 saturated carbocycles. The fourth-order valence-corrected chi connectivity index (χ4v) is 4.28. The van der Waals surface area contributed by atoms with E-state index in [0.717, 1.165) is 60.8 Å². The topological polar surface area (TPSA) is 47.6 Å². The molecule has 1 amide bonds. The normalized spacial score (nSPS) is 15.2. The predicted octanol–water partition coefficient (Wildman–Crippen LogP) is 5.24. The molecule has 1 heterocycles. The number of piperazine rings is 1. The number of carbonyl (C=O) groups is 1. The van der Waals surface area contributed by atoms with Crippen LogP contribution in [0, 0.1) is 13.8 Å². The molecule has 3 aromatic rings. The van der Waals surface area contributed by atoms with Crippen LogP contribution in [-0.2, 0) is 4.79 Å². The Kier molecular flexibility index (Phi) is 7.30. The zero-order valence-corrected chi connectivity index (χ0v) is 19.8. The zero-order chi connectivity index (χ0) is 23.2. The second-order valence-electron chi connectivity index (χ2n) is 8.76.